The first kappa shape index (κ1) is 21.4. The van der Waals surface area contributed by atoms with Crippen LogP contribution in [0.1, 0.15) is 31.1 Å². The Bertz CT molecular complexity index is 1320. The van der Waals surface area contributed by atoms with E-state index in [4.69, 9.17) is 9.47 Å². The van der Waals surface area contributed by atoms with Gasteiger partial charge in [-0.15, -0.1) is 0 Å². The Balaban J connectivity index is 1.95. The van der Waals surface area contributed by atoms with Crippen LogP contribution >= 0.6 is 0 Å². The lowest BCUT2D eigenvalue weighted by molar-refractivity contribution is 0.0525. The Morgan fingerprint density at radius 1 is 0.906 bits per heavy atom. The van der Waals surface area contributed by atoms with Crippen molar-refractivity contribution in [1.82, 2.24) is 4.98 Å². The van der Waals surface area contributed by atoms with Gasteiger partial charge in [-0.25, -0.2) is 4.79 Å². The molecule has 4 rings (SSSR count). The van der Waals surface area contributed by atoms with Crippen molar-refractivity contribution in [3.8, 4) is 28.1 Å². The number of hydrogen-bond acceptors (Lipinski definition) is 4. The number of benzene rings is 3. The molecule has 32 heavy (non-hydrogen) atoms. The monoisotopic (exact) mass is 427 g/mol. The molecule has 0 aliphatic heterocycles. The van der Waals surface area contributed by atoms with Gasteiger partial charge in [0.25, 0.3) is 0 Å². The molecule has 1 N–H and O–H groups in total. The van der Waals surface area contributed by atoms with Gasteiger partial charge >= 0.3 is 5.97 Å². The fourth-order valence-electron chi connectivity index (χ4n) is 3.72. The highest BCUT2D eigenvalue weighted by Crippen LogP contribution is 2.29. The number of esters is 1. The largest absolute Gasteiger partial charge is 0.491 e. The maximum atomic E-state index is 13.4. The van der Waals surface area contributed by atoms with Crippen molar-refractivity contribution in [3.63, 3.8) is 0 Å². The molecule has 0 saturated heterocycles. The molecule has 1 heterocycles. The molecule has 0 aliphatic rings. The molecule has 0 amide bonds. The molecule has 162 valence electrons. The molecule has 3 aromatic carbocycles. The van der Waals surface area contributed by atoms with Crippen LogP contribution in [0.4, 0.5) is 0 Å². The summed E-state index contributed by atoms with van der Waals surface area (Å²) in [4.78, 5) is 29.5. The third kappa shape index (κ3) is 4.28. The fraction of sp³-hybridized carbons (Fsp3) is 0.185. The van der Waals surface area contributed by atoms with Crippen molar-refractivity contribution < 1.29 is 14.3 Å². The maximum absolute atomic E-state index is 13.4. The molecule has 0 radical (unpaired) electrons. The number of aromatic nitrogens is 1. The van der Waals surface area contributed by atoms with Crippen molar-refractivity contribution in [2.45, 2.75) is 26.9 Å². The molecule has 0 bridgehead atoms. The summed E-state index contributed by atoms with van der Waals surface area (Å²) in [5.41, 5.74) is 3.42. The summed E-state index contributed by atoms with van der Waals surface area (Å²) < 4.78 is 11.0. The normalized spacial score (nSPS) is 11.0. The summed E-state index contributed by atoms with van der Waals surface area (Å²) in [6.45, 7) is 5.79. The second-order valence-electron chi connectivity index (χ2n) is 7.75. The minimum Gasteiger partial charge on any atom is -0.491 e. The highest BCUT2D eigenvalue weighted by atomic mass is 16.5. The van der Waals surface area contributed by atoms with E-state index in [1.165, 1.54) is 0 Å². The molecule has 0 aliphatic carbocycles. The second kappa shape index (κ2) is 9.10. The van der Waals surface area contributed by atoms with Gasteiger partial charge in [-0.3, -0.25) is 4.79 Å². The number of carbonyl (C=O) groups excluding carboxylic acids is 1. The van der Waals surface area contributed by atoms with Gasteiger partial charge in [-0.05, 0) is 55.7 Å². The lowest BCUT2D eigenvalue weighted by atomic mass is 9.98. The predicted octanol–water partition coefficient (Wildman–Crippen LogP) is 5.83. The zero-order valence-electron chi connectivity index (χ0n) is 18.3. The van der Waals surface area contributed by atoms with E-state index in [0.29, 0.717) is 22.3 Å². The van der Waals surface area contributed by atoms with E-state index in [9.17, 15) is 9.59 Å². The molecule has 4 aromatic rings. The zero-order chi connectivity index (χ0) is 22.7. The molecule has 0 saturated carbocycles. The smallest absolute Gasteiger partial charge is 0.344 e. The number of pyridine rings is 1. The quantitative estimate of drug-likeness (QED) is 0.393. The van der Waals surface area contributed by atoms with Gasteiger partial charge < -0.3 is 14.5 Å². The molecule has 0 fully saturated rings. The molecular weight excluding hydrogens is 402 g/mol. The zero-order valence-corrected chi connectivity index (χ0v) is 18.3. The minimum absolute atomic E-state index is 0.00000139. The average molecular weight is 428 g/mol. The minimum atomic E-state index is -0.640. The standard InChI is InChI=1S/C27H25NO4/c1-4-31-27(30)24-25(20-12-8-11-19(15-20)18-9-6-5-7-10-18)28-23-16-21(32-17(2)3)13-14-22(23)26(24)29/h5-17H,4H2,1-3H3,(H,28,29). The van der Waals surface area contributed by atoms with Crippen LogP contribution in [0.15, 0.2) is 77.6 Å². The van der Waals surface area contributed by atoms with Crippen LogP contribution in [-0.2, 0) is 4.74 Å². The first-order valence-electron chi connectivity index (χ1n) is 10.7. The van der Waals surface area contributed by atoms with Gasteiger partial charge in [0.05, 0.1) is 23.9 Å². The fourth-order valence-corrected chi connectivity index (χ4v) is 3.72. The molecule has 5 heteroatoms. The lowest BCUT2D eigenvalue weighted by Gasteiger charge is -2.14. The predicted molar refractivity (Wildman–Crippen MR) is 127 cm³/mol. The topological polar surface area (TPSA) is 68.4 Å². The highest BCUT2D eigenvalue weighted by Gasteiger charge is 2.22. The van der Waals surface area contributed by atoms with Gasteiger partial charge in [-0.1, -0.05) is 48.5 Å². The van der Waals surface area contributed by atoms with Crippen molar-refractivity contribution in [1.29, 1.82) is 0 Å². The number of aromatic amines is 1. The van der Waals surface area contributed by atoms with Crippen molar-refractivity contribution >= 4 is 16.9 Å². The Hall–Kier alpha value is -3.86. The van der Waals surface area contributed by atoms with Crippen LogP contribution in [0.25, 0.3) is 33.3 Å². The molecule has 0 unspecified atom stereocenters. The summed E-state index contributed by atoms with van der Waals surface area (Å²) in [6.07, 6.45) is 0.00000139. The maximum Gasteiger partial charge on any atom is 0.344 e. The molecular formula is C27H25NO4. The van der Waals surface area contributed by atoms with Crippen molar-refractivity contribution in [3.05, 3.63) is 88.6 Å². The number of carbonyl (C=O) groups is 1. The van der Waals surface area contributed by atoms with Gasteiger partial charge in [0.1, 0.15) is 11.3 Å². The summed E-state index contributed by atoms with van der Waals surface area (Å²) in [5, 5.41) is 0.409. The Kier molecular flexibility index (Phi) is 6.08. The van der Waals surface area contributed by atoms with E-state index in [0.717, 1.165) is 16.7 Å². The third-order valence-electron chi connectivity index (χ3n) is 5.08. The first-order valence-corrected chi connectivity index (χ1v) is 10.7. The molecule has 1 aromatic heterocycles. The molecule has 5 nitrogen and oxygen atoms in total. The number of nitrogens with one attached hydrogen (secondary N) is 1. The van der Waals surface area contributed by atoms with Crippen LogP contribution in [0.5, 0.6) is 5.75 Å². The second-order valence-corrected chi connectivity index (χ2v) is 7.75. The Labute approximate surface area is 186 Å². The summed E-state index contributed by atoms with van der Waals surface area (Å²) in [5.74, 6) is 0.00860. The Morgan fingerprint density at radius 2 is 1.62 bits per heavy atom. The average Bonchev–Trinajstić information content (AvgIpc) is 2.79. The molecule has 0 spiro atoms. The van der Waals surface area contributed by atoms with E-state index < -0.39 is 5.97 Å². The van der Waals surface area contributed by atoms with E-state index in [2.05, 4.69) is 4.98 Å². The summed E-state index contributed by atoms with van der Waals surface area (Å²) >= 11 is 0. The van der Waals surface area contributed by atoms with Gasteiger partial charge in [0.2, 0.25) is 5.43 Å². The number of fused-ring (bicyclic) bond motifs is 1. The summed E-state index contributed by atoms with van der Waals surface area (Å²) in [6, 6.07) is 22.9. The highest BCUT2D eigenvalue weighted by molar-refractivity contribution is 6.00. The number of rotatable bonds is 6. The lowest BCUT2D eigenvalue weighted by Crippen LogP contribution is -2.20. The van der Waals surface area contributed by atoms with Crippen LogP contribution < -0.4 is 10.2 Å². The first-order chi connectivity index (χ1) is 15.5. The Morgan fingerprint density at radius 3 is 2.34 bits per heavy atom. The van der Waals surface area contributed by atoms with Crippen molar-refractivity contribution in [2.75, 3.05) is 6.61 Å². The third-order valence-corrected chi connectivity index (χ3v) is 5.08. The number of hydrogen-bond donors (Lipinski definition) is 1. The van der Waals surface area contributed by atoms with E-state index in [-0.39, 0.29) is 23.7 Å². The van der Waals surface area contributed by atoms with Gasteiger partial charge in [0, 0.05) is 11.5 Å². The van der Waals surface area contributed by atoms with Crippen LogP contribution in [0.3, 0.4) is 0 Å². The SMILES string of the molecule is CCOC(=O)c1c(-c2cccc(-c3ccccc3)c2)[nH]c2cc(OC(C)C)ccc2c1=O. The summed E-state index contributed by atoms with van der Waals surface area (Å²) in [7, 11) is 0. The van der Waals surface area contributed by atoms with Crippen LogP contribution in [0, 0.1) is 0 Å². The van der Waals surface area contributed by atoms with Crippen LogP contribution in [0.2, 0.25) is 0 Å². The van der Waals surface area contributed by atoms with Crippen LogP contribution in [-0.4, -0.2) is 23.7 Å². The van der Waals surface area contributed by atoms with Crippen molar-refractivity contribution in [2.24, 2.45) is 0 Å². The van der Waals surface area contributed by atoms with E-state index in [1.54, 1.807) is 25.1 Å². The van der Waals surface area contributed by atoms with Gasteiger partial charge in [-0.2, -0.15) is 0 Å². The molecule has 0 atom stereocenters. The van der Waals surface area contributed by atoms with E-state index >= 15 is 0 Å². The number of ether oxygens (including phenoxy) is 2. The van der Waals surface area contributed by atoms with Gasteiger partial charge in [0.15, 0.2) is 0 Å². The number of H-pyrrole nitrogens is 1. The van der Waals surface area contributed by atoms with E-state index in [1.807, 2.05) is 68.4 Å².